The first-order valence-electron chi connectivity index (χ1n) is 12.8. The van der Waals surface area contributed by atoms with Crippen molar-refractivity contribution >= 4 is 11.6 Å². The summed E-state index contributed by atoms with van der Waals surface area (Å²) in [6, 6.07) is 23.5. The summed E-state index contributed by atoms with van der Waals surface area (Å²) >= 11 is 0. The van der Waals surface area contributed by atoms with Crippen molar-refractivity contribution < 1.29 is 19.0 Å². The van der Waals surface area contributed by atoms with E-state index in [1.54, 1.807) is 19.2 Å². The molecule has 0 spiro atoms. The monoisotopic (exact) mass is 486 g/mol. The van der Waals surface area contributed by atoms with E-state index in [2.05, 4.69) is 34.5 Å². The third-order valence-corrected chi connectivity index (χ3v) is 6.91. The maximum Gasteiger partial charge on any atom is 0.255 e. The third-order valence-electron chi connectivity index (χ3n) is 6.91. The molecule has 0 radical (unpaired) electrons. The molecule has 2 fully saturated rings. The van der Waals surface area contributed by atoms with Gasteiger partial charge >= 0.3 is 0 Å². The quantitative estimate of drug-likeness (QED) is 0.402. The highest BCUT2D eigenvalue weighted by atomic mass is 16.5. The van der Waals surface area contributed by atoms with E-state index in [0.717, 1.165) is 49.1 Å². The van der Waals surface area contributed by atoms with Gasteiger partial charge in [0.25, 0.3) is 5.91 Å². The molecule has 3 aromatic rings. The zero-order valence-corrected chi connectivity index (χ0v) is 21.0. The van der Waals surface area contributed by atoms with Gasteiger partial charge in [0.15, 0.2) is 0 Å². The number of rotatable bonds is 10. The Morgan fingerprint density at radius 2 is 1.69 bits per heavy atom. The molecule has 1 saturated carbocycles. The number of benzene rings is 3. The fraction of sp³-hybridized carbons (Fsp3) is 0.367. The van der Waals surface area contributed by atoms with E-state index in [-0.39, 0.29) is 18.1 Å². The smallest absolute Gasteiger partial charge is 0.255 e. The highest BCUT2D eigenvalue weighted by Crippen LogP contribution is 2.31. The van der Waals surface area contributed by atoms with Gasteiger partial charge in [0.05, 0.1) is 31.9 Å². The van der Waals surface area contributed by atoms with E-state index in [9.17, 15) is 4.79 Å². The molecule has 1 aliphatic carbocycles. The Balaban J connectivity index is 1.11. The number of anilines is 1. The van der Waals surface area contributed by atoms with Crippen LogP contribution in [0.2, 0.25) is 0 Å². The van der Waals surface area contributed by atoms with E-state index in [1.165, 1.54) is 18.5 Å². The van der Waals surface area contributed by atoms with E-state index < -0.39 is 0 Å². The molecule has 0 unspecified atom stereocenters. The molecule has 1 N–H and O–H groups in total. The summed E-state index contributed by atoms with van der Waals surface area (Å²) in [5.74, 6) is 2.96. The van der Waals surface area contributed by atoms with Crippen molar-refractivity contribution in [2.45, 2.75) is 38.3 Å². The summed E-state index contributed by atoms with van der Waals surface area (Å²) < 4.78 is 17.4. The standard InChI is InChI=1S/C30H34N2O4/c1-21(31-30(33)28-5-3-4-6-29(28)34-2)23-9-13-26(14-10-23)36-27-17-18-32(19-27)24-11-15-25(16-12-24)35-20-22-7-8-22/h3-6,9-16,21-22,27H,7-8,17-20H2,1-2H3,(H,31,33)/t21-,27+/m0/s1. The van der Waals surface area contributed by atoms with Gasteiger partial charge in [-0.25, -0.2) is 0 Å². The number of hydrogen-bond acceptors (Lipinski definition) is 5. The van der Waals surface area contributed by atoms with Crippen LogP contribution in [0.4, 0.5) is 5.69 Å². The summed E-state index contributed by atoms with van der Waals surface area (Å²) in [7, 11) is 1.57. The van der Waals surface area contributed by atoms with Crippen molar-refractivity contribution in [1.29, 1.82) is 0 Å². The Hall–Kier alpha value is -3.67. The van der Waals surface area contributed by atoms with Crippen LogP contribution in [0, 0.1) is 5.92 Å². The number of nitrogens with one attached hydrogen (secondary N) is 1. The van der Waals surface area contributed by atoms with Gasteiger partial charge in [0, 0.05) is 18.7 Å². The van der Waals surface area contributed by atoms with Crippen LogP contribution < -0.4 is 24.4 Å². The van der Waals surface area contributed by atoms with Crippen LogP contribution in [0.1, 0.15) is 48.1 Å². The van der Waals surface area contributed by atoms with Crippen molar-refractivity contribution in [3.63, 3.8) is 0 Å². The van der Waals surface area contributed by atoms with Crippen LogP contribution in [-0.2, 0) is 0 Å². The van der Waals surface area contributed by atoms with E-state index in [1.807, 2.05) is 43.3 Å². The lowest BCUT2D eigenvalue weighted by Crippen LogP contribution is -2.27. The van der Waals surface area contributed by atoms with E-state index in [4.69, 9.17) is 14.2 Å². The summed E-state index contributed by atoms with van der Waals surface area (Å²) in [6.07, 6.45) is 3.72. The van der Waals surface area contributed by atoms with Crippen LogP contribution in [0.5, 0.6) is 17.2 Å². The van der Waals surface area contributed by atoms with Gasteiger partial charge in [0.1, 0.15) is 23.4 Å². The number of nitrogens with zero attached hydrogens (tertiary/aromatic N) is 1. The molecule has 1 saturated heterocycles. The van der Waals surface area contributed by atoms with Crippen LogP contribution in [0.25, 0.3) is 0 Å². The molecule has 1 aliphatic heterocycles. The molecule has 3 aromatic carbocycles. The molecular weight excluding hydrogens is 452 g/mol. The van der Waals surface area contributed by atoms with Gasteiger partial charge in [0.2, 0.25) is 0 Å². The Labute approximate surface area is 213 Å². The minimum absolute atomic E-state index is 0.143. The Morgan fingerprint density at radius 3 is 2.42 bits per heavy atom. The number of hydrogen-bond donors (Lipinski definition) is 1. The van der Waals surface area contributed by atoms with Gasteiger partial charge in [-0.3, -0.25) is 4.79 Å². The molecule has 2 atom stereocenters. The molecule has 0 aromatic heterocycles. The second kappa shape index (κ2) is 10.9. The molecule has 5 rings (SSSR count). The first-order valence-corrected chi connectivity index (χ1v) is 12.8. The number of para-hydroxylation sites is 1. The predicted molar refractivity (Wildman–Crippen MR) is 141 cm³/mol. The lowest BCUT2D eigenvalue weighted by molar-refractivity contribution is 0.0937. The fourth-order valence-corrected chi connectivity index (χ4v) is 4.53. The number of methoxy groups -OCH3 is 1. The van der Waals surface area contributed by atoms with Gasteiger partial charge in [-0.05, 0) is 79.8 Å². The minimum atomic E-state index is -0.158. The number of amides is 1. The second-order valence-corrected chi connectivity index (χ2v) is 9.69. The van der Waals surface area contributed by atoms with Crippen molar-refractivity contribution in [3.05, 3.63) is 83.9 Å². The molecule has 36 heavy (non-hydrogen) atoms. The fourth-order valence-electron chi connectivity index (χ4n) is 4.53. The summed E-state index contributed by atoms with van der Waals surface area (Å²) in [5, 5.41) is 3.05. The van der Waals surface area contributed by atoms with E-state index >= 15 is 0 Å². The van der Waals surface area contributed by atoms with Crippen molar-refractivity contribution in [1.82, 2.24) is 5.32 Å². The number of ether oxygens (including phenoxy) is 3. The number of carbonyl (C=O) groups excluding carboxylic acids is 1. The Morgan fingerprint density at radius 1 is 0.972 bits per heavy atom. The maximum absolute atomic E-state index is 12.7. The van der Waals surface area contributed by atoms with Crippen LogP contribution in [-0.4, -0.2) is 38.8 Å². The predicted octanol–water partition coefficient (Wildman–Crippen LogP) is 5.63. The van der Waals surface area contributed by atoms with Crippen LogP contribution >= 0.6 is 0 Å². The highest BCUT2D eigenvalue weighted by Gasteiger charge is 2.25. The zero-order chi connectivity index (χ0) is 24.9. The van der Waals surface area contributed by atoms with E-state index in [0.29, 0.717) is 11.3 Å². The van der Waals surface area contributed by atoms with Crippen LogP contribution in [0.15, 0.2) is 72.8 Å². The molecule has 6 nitrogen and oxygen atoms in total. The molecule has 6 heteroatoms. The lowest BCUT2D eigenvalue weighted by atomic mass is 10.1. The molecule has 188 valence electrons. The van der Waals surface area contributed by atoms with Gasteiger partial charge in [-0.15, -0.1) is 0 Å². The topological polar surface area (TPSA) is 60.0 Å². The van der Waals surface area contributed by atoms with Gasteiger partial charge in [-0.2, -0.15) is 0 Å². The Bertz CT molecular complexity index is 1160. The summed E-state index contributed by atoms with van der Waals surface area (Å²) in [4.78, 5) is 15.1. The first-order chi connectivity index (χ1) is 17.6. The Kier molecular flexibility index (Phi) is 7.31. The maximum atomic E-state index is 12.7. The summed E-state index contributed by atoms with van der Waals surface area (Å²) in [6.45, 7) is 4.64. The third kappa shape index (κ3) is 5.93. The molecular formula is C30H34N2O4. The zero-order valence-electron chi connectivity index (χ0n) is 21.0. The normalized spacial score (nSPS) is 17.9. The van der Waals surface area contributed by atoms with Crippen LogP contribution in [0.3, 0.4) is 0 Å². The average Bonchev–Trinajstić information content (AvgIpc) is 3.64. The van der Waals surface area contributed by atoms with Gasteiger partial charge < -0.3 is 24.4 Å². The van der Waals surface area contributed by atoms with Crippen molar-refractivity contribution in [2.75, 3.05) is 31.7 Å². The average molecular weight is 487 g/mol. The minimum Gasteiger partial charge on any atom is -0.496 e. The highest BCUT2D eigenvalue weighted by molar-refractivity contribution is 5.97. The molecule has 1 heterocycles. The SMILES string of the molecule is COc1ccccc1C(=O)N[C@@H](C)c1ccc(O[C@@H]2CCN(c3ccc(OCC4CC4)cc3)C2)cc1. The van der Waals surface area contributed by atoms with Crippen molar-refractivity contribution in [3.8, 4) is 17.2 Å². The second-order valence-electron chi connectivity index (χ2n) is 9.69. The first kappa shape index (κ1) is 24.0. The molecule has 2 aliphatic rings. The van der Waals surface area contributed by atoms with Crippen molar-refractivity contribution in [2.24, 2.45) is 5.92 Å². The van der Waals surface area contributed by atoms with Gasteiger partial charge in [-0.1, -0.05) is 24.3 Å². The number of carbonyl (C=O) groups is 1. The largest absolute Gasteiger partial charge is 0.496 e. The summed E-state index contributed by atoms with van der Waals surface area (Å²) in [5.41, 5.74) is 2.75. The molecule has 1 amide bonds. The lowest BCUT2D eigenvalue weighted by Gasteiger charge is -2.20. The molecule has 0 bridgehead atoms.